The molecule has 1 amide bonds. The molecule has 0 saturated carbocycles. The first kappa shape index (κ1) is 19.9. The highest BCUT2D eigenvalue weighted by atomic mass is 32.1. The van der Waals surface area contributed by atoms with Gasteiger partial charge in [0, 0.05) is 23.9 Å². The number of nitrogens with one attached hydrogen (secondary N) is 1. The molecule has 0 unspecified atom stereocenters. The van der Waals surface area contributed by atoms with Gasteiger partial charge in [-0.05, 0) is 24.6 Å². The van der Waals surface area contributed by atoms with Crippen LogP contribution in [0.5, 0.6) is 11.5 Å². The minimum atomic E-state index is -0.188. The summed E-state index contributed by atoms with van der Waals surface area (Å²) in [7, 11) is 1.57. The van der Waals surface area contributed by atoms with Gasteiger partial charge in [-0.25, -0.2) is 4.52 Å². The summed E-state index contributed by atoms with van der Waals surface area (Å²) < 4.78 is 12.6. The first-order valence-corrected chi connectivity index (χ1v) is 10.5. The Balaban J connectivity index is 1.34. The lowest BCUT2D eigenvalue weighted by molar-refractivity contribution is -0.123. The number of benzene rings is 2. The van der Waals surface area contributed by atoms with Crippen LogP contribution in [0, 0.1) is 6.92 Å². The number of rotatable bonds is 8. The molecule has 0 aliphatic heterocycles. The van der Waals surface area contributed by atoms with Gasteiger partial charge in [-0.1, -0.05) is 36.4 Å². The second kappa shape index (κ2) is 8.96. The number of aryl methyl sites for hydroxylation is 1. The maximum Gasteiger partial charge on any atom is 0.257 e. The van der Waals surface area contributed by atoms with Gasteiger partial charge in [0.1, 0.15) is 0 Å². The first-order valence-electron chi connectivity index (χ1n) is 9.57. The highest BCUT2D eigenvalue weighted by Gasteiger charge is 2.13. The minimum absolute atomic E-state index is 0.0693. The largest absolute Gasteiger partial charge is 0.493 e. The van der Waals surface area contributed by atoms with Crippen LogP contribution in [-0.2, 0) is 11.2 Å². The van der Waals surface area contributed by atoms with E-state index in [1.807, 2.05) is 53.2 Å². The number of methoxy groups -OCH3 is 1. The van der Waals surface area contributed by atoms with Crippen LogP contribution < -0.4 is 14.8 Å². The Morgan fingerprint density at radius 2 is 1.90 bits per heavy atom. The molecule has 1 N–H and O–H groups in total. The number of nitrogens with zero attached hydrogens (tertiary/aromatic N) is 3. The normalized spacial score (nSPS) is 10.9. The lowest BCUT2D eigenvalue weighted by atomic mass is 10.1. The third-order valence-corrected chi connectivity index (χ3v) is 5.53. The summed E-state index contributed by atoms with van der Waals surface area (Å²) in [6, 6.07) is 15.3. The van der Waals surface area contributed by atoms with E-state index in [4.69, 9.17) is 9.47 Å². The molecule has 0 atom stereocenters. The van der Waals surface area contributed by atoms with Crippen molar-refractivity contribution in [2.24, 2.45) is 0 Å². The van der Waals surface area contributed by atoms with Crippen molar-refractivity contribution in [2.75, 3.05) is 20.3 Å². The molecule has 0 radical (unpaired) electrons. The van der Waals surface area contributed by atoms with E-state index < -0.39 is 0 Å². The highest BCUT2D eigenvalue weighted by Crippen LogP contribution is 2.25. The van der Waals surface area contributed by atoms with E-state index >= 15 is 0 Å². The summed E-state index contributed by atoms with van der Waals surface area (Å²) in [6.07, 6.45) is 0.650. The fourth-order valence-electron chi connectivity index (χ4n) is 3.10. The third kappa shape index (κ3) is 4.28. The minimum Gasteiger partial charge on any atom is -0.493 e. The summed E-state index contributed by atoms with van der Waals surface area (Å²) in [6.45, 7) is 2.47. The molecule has 0 fully saturated rings. The molecule has 0 saturated heterocycles. The van der Waals surface area contributed by atoms with Gasteiger partial charge in [0.05, 0.1) is 12.8 Å². The van der Waals surface area contributed by atoms with Crippen molar-refractivity contribution in [3.63, 3.8) is 0 Å². The van der Waals surface area contributed by atoms with Crippen molar-refractivity contribution < 1.29 is 14.3 Å². The van der Waals surface area contributed by atoms with Crippen LogP contribution in [0.15, 0.2) is 53.9 Å². The molecule has 7 nitrogen and oxygen atoms in total. The Bertz CT molecular complexity index is 1170. The van der Waals surface area contributed by atoms with Crippen molar-refractivity contribution in [1.29, 1.82) is 0 Å². The zero-order valence-electron chi connectivity index (χ0n) is 16.8. The predicted octanol–water partition coefficient (Wildman–Crippen LogP) is 3.51. The average Bonchev–Trinajstić information content (AvgIpc) is 3.34. The Morgan fingerprint density at radius 1 is 1.13 bits per heavy atom. The Labute approximate surface area is 178 Å². The summed E-state index contributed by atoms with van der Waals surface area (Å²) in [5, 5.41) is 9.56. The van der Waals surface area contributed by atoms with Gasteiger partial charge in [0.2, 0.25) is 4.96 Å². The molecule has 0 bridgehead atoms. The molecule has 8 heteroatoms. The fraction of sp³-hybridized carbons (Fsp3) is 0.227. The predicted molar refractivity (Wildman–Crippen MR) is 116 cm³/mol. The summed E-state index contributed by atoms with van der Waals surface area (Å²) in [5.74, 6) is 1.67. The second-order valence-corrected chi connectivity index (χ2v) is 7.55. The van der Waals surface area contributed by atoms with E-state index in [0.717, 1.165) is 27.6 Å². The molecular formula is C22H22N4O3S. The lowest BCUT2D eigenvalue weighted by Crippen LogP contribution is -2.30. The molecule has 2 heterocycles. The van der Waals surface area contributed by atoms with Crippen LogP contribution in [0.2, 0.25) is 0 Å². The molecule has 4 aromatic rings. The third-order valence-electron chi connectivity index (χ3n) is 4.67. The van der Waals surface area contributed by atoms with Crippen LogP contribution >= 0.6 is 11.3 Å². The van der Waals surface area contributed by atoms with Crippen LogP contribution in [0.1, 0.15) is 11.3 Å². The van der Waals surface area contributed by atoms with E-state index in [9.17, 15) is 4.79 Å². The molecule has 4 rings (SSSR count). The standard InChI is InChI=1S/C22H22N4O3S/c1-15-7-3-4-8-17(15)21-24-22-26(25-21)16(14-30-22)11-12-23-20(27)13-29-19-10-6-5-9-18(19)28-2/h3-10,14H,11-13H2,1-2H3,(H,23,27). The first-order chi connectivity index (χ1) is 14.7. The molecule has 2 aromatic heterocycles. The van der Waals surface area contributed by atoms with Crippen LogP contribution in [0.25, 0.3) is 16.3 Å². The highest BCUT2D eigenvalue weighted by molar-refractivity contribution is 7.15. The van der Waals surface area contributed by atoms with Crippen molar-refractivity contribution in [3.05, 3.63) is 65.2 Å². The number of hydrogen-bond donors (Lipinski definition) is 1. The molecule has 0 aliphatic rings. The van der Waals surface area contributed by atoms with E-state index in [-0.39, 0.29) is 12.5 Å². The molecule has 30 heavy (non-hydrogen) atoms. The Morgan fingerprint density at radius 3 is 2.70 bits per heavy atom. The molecule has 0 aliphatic carbocycles. The molecular weight excluding hydrogens is 400 g/mol. The number of aromatic nitrogens is 3. The fourth-order valence-corrected chi connectivity index (χ4v) is 3.95. The number of amides is 1. The number of ether oxygens (including phenoxy) is 2. The topological polar surface area (TPSA) is 77.8 Å². The summed E-state index contributed by atoms with van der Waals surface area (Å²) in [5.41, 5.74) is 3.18. The zero-order chi connectivity index (χ0) is 20.9. The Kier molecular flexibility index (Phi) is 5.94. The summed E-state index contributed by atoms with van der Waals surface area (Å²) >= 11 is 1.54. The van der Waals surface area contributed by atoms with E-state index in [2.05, 4.69) is 15.4 Å². The van der Waals surface area contributed by atoms with Gasteiger partial charge >= 0.3 is 0 Å². The molecule has 0 spiro atoms. The van der Waals surface area contributed by atoms with Crippen molar-refractivity contribution in [1.82, 2.24) is 19.9 Å². The maximum absolute atomic E-state index is 12.1. The molecule has 154 valence electrons. The van der Waals surface area contributed by atoms with Gasteiger partial charge < -0.3 is 14.8 Å². The lowest BCUT2D eigenvalue weighted by Gasteiger charge is -2.10. The van der Waals surface area contributed by atoms with Gasteiger partial charge in [-0.15, -0.1) is 16.4 Å². The number of fused-ring (bicyclic) bond motifs is 1. The van der Waals surface area contributed by atoms with Crippen LogP contribution in [0.3, 0.4) is 0 Å². The van der Waals surface area contributed by atoms with Gasteiger partial charge in [0.15, 0.2) is 23.9 Å². The van der Waals surface area contributed by atoms with Crippen molar-refractivity contribution in [2.45, 2.75) is 13.3 Å². The SMILES string of the molecule is COc1ccccc1OCC(=O)NCCc1csc2nc(-c3ccccc3C)nn12. The number of carbonyl (C=O) groups is 1. The summed E-state index contributed by atoms with van der Waals surface area (Å²) in [4.78, 5) is 17.6. The Hall–Kier alpha value is -3.39. The van der Waals surface area contributed by atoms with Gasteiger partial charge in [0.25, 0.3) is 5.91 Å². The van der Waals surface area contributed by atoms with E-state index in [1.165, 1.54) is 0 Å². The van der Waals surface area contributed by atoms with Crippen molar-refractivity contribution >= 4 is 22.2 Å². The van der Waals surface area contributed by atoms with Gasteiger partial charge in [-0.3, -0.25) is 4.79 Å². The molecule has 2 aromatic carbocycles. The van der Waals surface area contributed by atoms with Crippen LogP contribution in [-0.4, -0.2) is 40.8 Å². The number of carbonyl (C=O) groups excluding carboxylic acids is 1. The smallest absolute Gasteiger partial charge is 0.257 e. The van der Waals surface area contributed by atoms with Crippen LogP contribution in [0.4, 0.5) is 0 Å². The van der Waals surface area contributed by atoms with Gasteiger partial charge in [-0.2, -0.15) is 4.98 Å². The van der Waals surface area contributed by atoms with E-state index in [0.29, 0.717) is 24.5 Å². The monoisotopic (exact) mass is 422 g/mol. The average molecular weight is 423 g/mol. The number of para-hydroxylation sites is 2. The number of thiazole rings is 1. The van der Waals surface area contributed by atoms with Crippen molar-refractivity contribution in [3.8, 4) is 22.9 Å². The second-order valence-electron chi connectivity index (χ2n) is 6.71. The number of hydrogen-bond acceptors (Lipinski definition) is 6. The van der Waals surface area contributed by atoms with E-state index in [1.54, 1.807) is 30.6 Å². The quantitative estimate of drug-likeness (QED) is 0.470. The maximum atomic E-state index is 12.1. The zero-order valence-corrected chi connectivity index (χ0v) is 17.6.